The summed E-state index contributed by atoms with van der Waals surface area (Å²) >= 11 is 0. The van der Waals surface area contributed by atoms with Gasteiger partial charge in [-0.2, -0.15) is 0 Å². The number of methoxy groups -OCH3 is 1. The summed E-state index contributed by atoms with van der Waals surface area (Å²) in [6, 6.07) is 9.90. The third kappa shape index (κ3) is 4.11. The van der Waals surface area contributed by atoms with Crippen LogP contribution in [0, 0.1) is 13.8 Å². The lowest BCUT2D eigenvalue weighted by Crippen LogP contribution is -2.31. The number of nitrogens with zero attached hydrogens (tertiary/aromatic N) is 1. The largest absolute Gasteiger partial charge is 0.497 e. The lowest BCUT2D eigenvalue weighted by molar-refractivity contribution is -0.156. The van der Waals surface area contributed by atoms with Crippen LogP contribution >= 0.6 is 0 Å². The first-order valence-corrected chi connectivity index (χ1v) is 8.64. The van der Waals surface area contributed by atoms with Crippen molar-refractivity contribution in [3.63, 3.8) is 0 Å². The Morgan fingerprint density at radius 3 is 2.65 bits per heavy atom. The zero-order chi connectivity index (χ0) is 18.7. The number of aliphatic hydroxyl groups excluding tert-OH is 1. The summed E-state index contributed by atoms with van der Waals surface area (Å²) < 4.78 is 10.5. The van der Waals surface area contributed by atoms with Gasteiger partial charge in [-0.15, -0.1) is 0 Å². The molecule has 26 heavy (non-hydrogen) atoms. The molecule has 0 saturated carbocycles. The second kappa shape index (κ2) is 7.70. The molecule has 0 amide bonds. The van der Waals surface area contributed by atoms with Gasteiger partial charge in [-0.1, -0.05) is 18.2 Å². The quantitative estimate of drug-likeness (QED) is 0.853. The van der Waals surface area contributed by atoms with Crippen LogP contribution in [-0.2, 0) is 9.53 Å². The molecule has 0 bridgehead atoms. The Labute approximate surface area is 153 Å². The topological polar surface area (TPSA) is 68.7 Å². The Hall–Kier alpha value is -2.66. The van der Waals surface area contributed by atoms with Crippen molar-refractivity contribution in [2.45, 2.75) is 38.9 Å². The van der Waals surface area contributed by atoms with Crippen LogP contribution in [0.4, 0.5) is 0 Å². The molecule has 3 rings (SSSR count). The highest BCUT2D eigenvalue weighted by atomic mass is 16.5. The molecule has 2 aromatic rings. The predicted octanol–water partition coefficient (Wildman–Crippen LogP) is 3.45. The molecule has 0 radical (unpaired) electrons. The lowest BCUT2D eigenvalue weighted by Gasteiger charge is -2.23. The van der Waals surface area contributed by atoms with Crippen molar-refractivity contribution < 1.29 is 19.4 Å². The number of benzene rings is 1. The number of aromatic nitrogens is 1. The van der Waals surface area contributed by atoms with E-state index in [4.69, 9.17) is 9.47 Å². The highest BCUT2D eigenvalue weighted by Crippen LogP contribution is 2.29. The highest BCUT2D eigenvalue weighted by Gasteiger charge is 2.25. The second-order valence-corrected chi connectivity index (χ2v) is 6.52. The molecular weight excluding hydrogens is 330 g/mol. The van der Waals surface area contributed by atoms with Crippen LogP contribution < -0.4 is 4.74 Å². The summed E-state index contributed by atoms with van der Waals surface area (Å²) in [5.74, 6) is 0.434. The number of carbonyl (C=O) groups excluding carboxylic acids is 1. The number of aliphatic hydroxyl groups is 1. The normalized spacial score (nSPS) is 20.2. The minimum absolute atomic E-state index is 0.0621. The summed E-state index contributed by atoms with van der Waals surface area (Å²) in [7, 11) is 1.64. The molecule has 5 heteroatoms. The minimum atomic E-state index is -0.649. The zero-order valence-electron chi connectivity index (χ0n) is 15.2. The molecule has 1 N–H and O–H groups in total. The molecule has 2 heterocycles. The molecule has 0 aliphatic carbocycles. The maximum absolute atomic E-state index is 11.5. The SMILES string of the molecule is COc1ccc(-c2cc(C)nc(C)c2/C=C/[C@@H]2C[C@@H](O)CC(=O)O2)cc1. The van der Waals surface area contributed by atoms with E-state index in [9.17, 15) is 9.90 Å². The summed E-state index contributed by atoms with van der Waals surface area (Å²) in [5, 5.41) is 9.76. The van der Waals surface area contributed by atoms with E-state index < -0.39 is 12.2 Å². The third-order valence-electron chi connectivity index (χ3n) is 4.45. The molecular formula is C21H23NO4. The molecule has 1 fully saturated rings. The summed E-state index contributed by atoms with van der Waals surface area (Å²) in [6.07, 6.45) is 3.16. The van der Waals surface area contributed by atoms with Crippen LogP contribution in [-0.4, -0.2) is 35.4 Å². The molecule has 1 aliphatic heterocycles. The molecule has 136 valence electrons. The van der Waals surface area contributed by atoms with Crippen LogP contribution in [0.1, 0.15) is 29.8 Å². The van der Waals surface area contributed by atoms with E-state index in [1.807, 2.05) is 56.3 Å². The Morgan fingerprint density at radius 1 is 1.27 bits per heavy atom. The van der Waals surface area contributed by atoms with Gasteiger partial charge in [0.1, 0.15) is 11.9 Å². The number of cyclic esters (lactones) is 1. The van der Waals surface area contributed by atoms with Gasteiger partial charge in [0.25, 0.3) is 0 Å². The predicted molar refractivity (Wildman–Crippen MR) is 99.9 cm³/mol. The van der Waals surface area contributed by atoms with Crippen molar-refractivity contribution in [3.05, 3.63) is 53.4 Å². The van der Waals surface area contributed by atoms with Gasteiger partial charge in [0.2, 0.25) is 0 Å². The molecule has 0 unspecified atom stereocenters. The van der Waals surface area contributed by atoms with Crippen molar-refractivity contribution >= 4 is 12.0 Å². The highest BCUT2D eigenvalue weighted by molar-refractivity contribution is 5.77. The van der Waals surface area contributed by atoms with Crippen molar-refractivity contribution in [1.29, 1.82) is 0 Å². The van der Waals surface area contributed by atoms with Gasteiger partial charge < -0.3 is 14.6 Å². The summed E-state index contributed by atoms with van der Waals surface area (Å²) in [4.78, 5) is 16.1. The van der Waals surface area contributed by atoms with E-state index in [2.05, 4.69) is 4.98 Å². The van der Waals surface area contributed by atoms with E-state index >= 15 is 0 Å². The third-order valence-corrected chi connectivity index (χ3v) is 4.45. The molecule has 1 aliphatic rings. The van der Waals surface area contributed by atoms with Crippen molar-refractivity contribution in [3.8, 4) is 16.9 Å². The van der Waals surface area contributed by atoms with E-state index in [1.165, 1.54) is 0 Å². The van der Waals surface area contributed by atoms with Crippen LogP contribution in [0.15, 0.2) is 36.4 Å². The average Bonchev–Trinajstić information content (AvgIpc) is 2.59. The number of ether oxygens (including phenoxy) is 2. The number of pyridine rings is 1. The Bertz CT molecular complexity index is 827. The first kappa shape index (κ1) is 18.1. The number of rotatable bonds is 4. The monoisotopic (exact) mass is 353 g/mol. The summed E-state index contributed by atoms with van der Waals surface area (Å²) in [5.41, 5.74) is 4.91. The van der Waals surface area contributed by atoms with Crippen molar-refractivity contribution in [2.75, 3.05) is 7.11 Å². The van der Waals surface area contributed by atoms with Crippen LogP contribution in [0.2, 0.25) is 0 Å². The van der Waals surface area contributed by atoms with Crippen LogP contribution in [0.25, 0.3) is 17.2 Å². The Balaban J connectivity index is 1.95. The first-order valence-electron chi connectivity index (χ1n) is 8.64. The molecule has 2 atom stereocenters. The maximum Gasteiger partial charge on any atom is 0.309 e. The standard InChI is InChI=1S/C21H23NO4/c1-13-10-20(15-4-6-17(25-3)7-5-15)19(14(2)22-13)9-8-18-11-16(23)12-21(24)26-18/h4-10,16,18,23H,11-12H2,1-3H3/b9-8+/t16-,18-/m1/s1. The number of carbonyl (C=O) groups is 1. The van der Waals surface area contributed by atoms with Gasteiger partial charge in [0, 0.05) is 23.4 Å². The average molecular weight is 353 g/mol. The molecule has 1 saturated heterocycles. The van der Waals surface area contributed by atoms with Crippen LogP contribution in [0.5, 0.6) is 5.75 Å². The minimum Gasteiger partial charge on any atom is -0.497 e. The Kier molecular flexibility index (Phi) is 5.38. The van der Waals surface area contributed by atoms with E-state index in [0.717, 1.165) is 33.8 Å². The van der Waals surface area contributed by atoms with Gasteiger partial charge in [0.15, 0.2) is 0 Å². The smallest absolute Gasteiger partial charge is 0.309 e. The molecule has 1 aromatic carbocycles. The number of hydrogen-bond donors (Lipinski definition) is 1. The fourth-order valence-electron chi connectivity index (χ4n) is 3.19. The Morgan fingerprint density at radius 2 is 2.00 bits per heavy atom. The molecule has 1 aromatic heterocycles. The van der Waals surface area contributed by atoms with E-state index in [1.54, 1.807) is 7.11 Å². The summed E-state index contributed by atoms with van der Waals surface area (Å²) in [6.45, 7) is 3.92. The maximum atomic E-state index is 11.5. The van der Waals surface area contributed by atoms with Crippen LogP contribution in [0.3, 0.4) is 0 Å². The van der Waals surface area contributed by atoms with Crippen molar-refractivity contribution in [2.24, 2.45) is 0 Å². The van der Waals surface area contributed by atoms with Gasteiger partial charge in [-0.05, 0) is 49.2 Å². The van der Waals surface area contributed by atoms with Gasteiger partial charge in [0.05, 0.1) is 19.6 Å². The molecule has 0 spiro atoms. The fraction of sp³-hybridized carbons (Fsp3) is 0.333. The second-order valence-electron chi connectivity index (χ2n) is 6.52. The lowest BCUT2D eigenvalue weighted by atomic mass is 9.96. The van der Waals surface area contributed by atoms with Crippen molar-refractivity contribution in [1.82, 2.24) is 4.98 Å². The van der Waals surface area contributed by atoms with E-state index in [-0.39, 0.29) is 12.4 Å². The number of aryl methyl sites for hydroxylation is 2. The zero-order valence-corrected chi connectivity index (χ0v) is 15.2. The molecule has 5 nitrogen and oxygen atoms in total. The van der Waals surface area contributed by atoms with Gasteiger partial charge >= 0.3 is 5.97 Å². The van der Waals surface area contributed by atoms with Gasteiger partial charge in [-0.25, -0.2) is 0 Å². The van der Waals surface area contributed by atoms with E-state index in [0.29, 0.717) is 6.42 Å². The number of hydrogen-bond acceptors (Lipinski definition) is 5. The fourth-order valence-corrected chi connectivity index (χ4v) is 3.19. The number of esters is 1. The first-order chi connectivity index (χ1) is 12.5. The van der Waals surface area contributed by atoms with Gasteiger partial charge in [-0.3, -0.25) is 9.78 Å².